The van der Waals surface area contributed by atoms with E-state index in [2.05, 4.69) is 29.4 Å². The summed E-state index contributed by atoms with van der Waals surface area (Å²) in [5, 5.41) is 4.15. The maximum atomic E-state index is 12.3. The molecule has 4 nitrogen and oxygen atoms in total. The second kappa shape index (κ2) is 6.12. The summed E-state index contributed by atoms with van der Waals surface area (Å²) in [6.07, 6.45) is 7.09. The van der Waals surface area contributed by atoms with Crippen LogP contribution in [0.15, 0.2) is 42.7 Å². The first kappa shape index (κ1) is 13.9. The summed E-state index contributed by atoms with van der Waals surface area (Å²) >= 11 is 0. The van der Waals surface area contributed by atoms with Crippen molar-refractivity contribution in [3.8, 4) is 0 Å². The van der Waals surface area contributed by atoms with Gasteiger partial charge >= 0.3 is 0 Å². The first-order chi connectivity index (χ1) is 10.2. The molecule has 1 aromatic carbocycles. The molecule has 4 heteroatoms. The van der Waals surface area contributed by atoms with Crippen LogP contribution in [0.25, 0.3) is 0 Å². The molecule has 1 amide bonds. The number of nitrogens with zero attached hydrogens (tertiary/aromatic N) is 3. The highest BCUT2D eigenvalue weighted by Gasteiger charge is 2.26. The molecule has 0 N–H and O–H groups in total. The Labute approximate surface area is 125 Å². The lowest BCUT2D eigenvalue weighted by atomic mass is 10.1. The molecule has 21 heavy (non-hydrogen) atoms. The van der Waals surface area contributed by atoms with Gasteiger partial charge < -0.3 is 4.90 Å². The molecule has 1 aromatic heterocycles. The lowest BCUT2D eigenvalue weighted by Gasteiger charge is -2.24. The van der Waals surface area contributed by atoms with Gasteiger partial charge in [0, 0.05) is 38.4 Å². The lowest BCUT2D eigenvalue weighted by molar-refractivity contribution is -0.131. The summed E-state index contributed by atoms with van der Waals surface area (Å²) in [7, 11) is 1.94. The normalized spacial score (nSPS) is 14.1. The first-order valence-corrected chi connectivity index (χ1v) is 7.54. The zero-order chi connectivity index (χ0) is 14.7. The number of benzene rings is 1. The molecule has 2 aromatic rings. The minimum Gasteiger partial charge on any atom is -0.342 e. The standard InChI is InChI=1S/C17H21N3O/c1-19(16-12-14-6-2-3-7-15(14)13-16)17(21)8-4-10-20-11-5-9-18-20/h2-3,5-7,9,11,16H,4,8,10,12-13H2,1H3. The van der Waals surface area contributed by atoms with Gasteiger partial charge in [-0.2, -0.15) is 5.10 Å². The topological polar surface area (TPSA) is 38.1 Å². The Hall–Kier alpha value is -2.10. The van der Waals surface area contributed by atoms with Crippen LogP contribution in [0.4, 0.5) is 0 Å². The largest absolute Gasteiger partial charge is 0.342 e. The molecule has 0 saturated heterocycles. The van der Waals surface area contributed by atoms with Crippen molar-refractivity contribution in [2.45, 2.75) is 38.3 Å². The summed E-state index contributed by atoms with van der Waals surface area (Å²) in [6, 6.07) is 10.7. The number of aryl methyl sites for hydroxylation is 1. The van der Waals surface area contributed by atoms with Crippen LogP contribution in [-0.2, 0) is 24.2 Å². The van der Waals surface area contributed by atoms with Gasteiger partial charge in [-0.3, -0.25) is 9.48 Å². The number of carbonyl (C=O) groups excluding carboxylic acids is 1. The fraction of sp³-hybridized carbons (Fsp3) is 0.412. The van der Waals surface area contributed by atoms with E-state index in [0.717, 1.165) is 25.8 Å². The third-order valence-corrected chi connectivity index (χ3v) is 4.31. The van der Waals surface area contributed by atoms with Crippen LogP contribution >= 0.6 is 0 Å². The SMILES string of the molecule is CN(C(=O)CCCn1cccn1)C1Cc2ccccc2C1. The Morgan fingerprint density at radius 2 is 2.00 bits per heavy atom. The van der Waals surface area contributed by atoms with E-state index in [9.17, 15) is 4.79 Å². The number of amides is 1. The zero-order valence-electron chi connectivity index (χ0n) is 12.4. The fourth-order valence-corrected chi connectivity index (χ4v) is 3.01. The van der Waals surface area contributed by atoms with Crippen molar-refractivity contribution < 1.29 is 4.79 Å². The van der Waals surface area contributed by atoms with Crippen LogP contribution in [0.1, 0.15) is 24.0 Å². The third-order valence-electron chi connectivity index (χ3n) is 4.31. The van der Waals surface area contributed by atoms with Gasteiger partial charge in [0.15, 0.2) is 0 Å². The van der Waals surface area contributed by atoms with Crippen molar-refractivity contribution in [1.82, 2.24) is 14.7 Å². The second-order valence-electron chi connectivity index (χ2n) is 5.71. The Kier molecular flexibility index (Phi) is 4.04. The van der Waals surface area contributed by atoms with Crippen molar-refractivity contribution in [1.29, 1.82) is 0 Å². The molecule has 0 bridgehead atoms. The van der Waals surface area contributed by atoms with Crippen molar-refractivity contribution in [3.63, 3.8) is 0 Å². The number of hydrogen-bond donors (Lipinski definition) is 0. The van der Waals surface area contributed by atoms with Gasteiger partial charge in [-0.25, -0.2) is 0 Å². The third kappa shape index (κ3) is 3.15. The highest BCUT2D eigenvalue weighted by molar-refractivity contribution is 5.76. The van der Waals surface area contributed by atoms with Gasteiger partial charge in [-0.1, -0.05) is 24.3 Å². The Balaban J connectivity index is 1.49. The van der Waals surface area contributed by atoms with E-state index < -0.39 is 0 Å². The fourth-order valence-electron chi connectivity index (χ4n) is 3.01. The van der Waals surface area contributed by atoms with E-state index in [-0.39, 0.29) is 5.91 Å². The van der Waals surface area contributed by atoms with Crippen LogP contribution in [0.5, 0.6) is 0 Å². The second-order valence-corrected chi connectivity index (χ2v) is 5.71. The minimum atomic E-state index is 0.236. The van der Waals surface area contributed by atoms with Gasteiger partial charge in [0.25, 0.3) is 0 Å². The van der Waals surface area contributed by atoms with Crippen molar-refractivity contribution in [2.75, 3.05) is 7.05 Å². The van der Waals surface area contributed by atoms with Crippen LogP contribution in [-0.4, -0.2) is 33.7 Å². The predicted molar refractivity (Wildman–Crippen MR) is 81.9 cm³/mol. The molecule has 0 fully saturated rings. The van der Waals surface area contributed by atoms with Crippen LogP contribution in [0.3, 0.4) is 0 Å². The van der Waals surface area contributed by atoms with Crippen LogP contribution in [0.2, 0.25) is 0 Å². The molecule has 0 atom stereocenters. The van der Waals surface area contributed by atoms with E-state index in [1.165, 1.54) is 11.1 Å². The molecule has 1 aliphatic rings. The van der Waals surface area contributed by atoms with Gasteiger partial charge in [-0.15, -0.1) is 0 Å². The van der Waals surface area contributed by atoms with E-state index in [0.29, 0.717) is 12.5 Å². The number of rotatable bonds is 5. The van der Waals surface area contributed by atoms with Crippen molar-refractivity contribution in [3.05, 3.63) is 53.9 Å². The highest BCUT2D eigenvalue weighted by atomic mass is 16.2. The number of aromatic nitrogens is 2. The molecule has 1 heterocycles. The van der Waals surface area contributed by atoms with E-state index in [1.807, 2.05) is 28.9 Å². The molecule has 3 rings (SSSR count). The Morgan fingerprint density at radius 1 is 1.29 bits per heavy atom. The Bertz CT molecular complexity index is 581. The summed E-state index contributed by atoms with van der Waals surface area (Å²) < 4.78 is 1.87. The minimum absolute atomic E-state index is 0.236. The van der Waals surface area contributed by atoms with Crippen LogP contribution in [0, 0.1) is 0 Å². The number of hydrogen-bond acceptors (Lipinski definition) is 2. The van der Waals surface area contributed by atoms with Gasteiger partial charge in [0.1, 0.15) is 0 Å². The number of carbonyl (C=O) groups is 1. The monoisotopic (exact) mass is 283 g/mol. The van der Waals surface area contributed by atoms with Crippen molar-refractivity contribution >= 4 is 5.91 Å². The molecule has 110 valence electrons. The molecule has 0 unspecified atom stereocenters. The van der Waals surface area contributed by atoms with Crippen molar-refractivity contribution in [2.24, 2.45) is 0 Å². The first-order valence-electron chi connectivity index (χ1n) is 7.54. The summed E-state index contributed by atoms with van der Waals surface area (Å²) in [4.78, 5) is 14.2. The predicted octanol–water partition coefficient (Wildman–Crippen LogP) is 2.29. The smallest absolute Gasteiger partial charge is 0.222 e. The lowest BCUT2D eigenvalue weighted by Crippen LogP contribution is -2.37. The summed E-state index contributed by atoms with van der Waals surface area (Å²) in [5.41, 5.74) is 2.78. The van der Waals surface area contributed by atoms with Gasteiger partial charge in [0.2, 0.25) is 5.91 Å². The molecular formula is C17H21N3O. The molecule has 0 saturated carbocycles. The maximum Gasteiger partial charge on any atom is 0.222 e. The Morgan fingerprint density at radius 3 is 2.62 bits per heavy atom. The highest BCUT2D eigenvalue weighted by Crippen LogP contribution is 2.25. The van der Waals surface area contributed by atoms with Gasteiger partial charge in [-0.05, 0) is 36.5 Å². The molecule has 1 aliphatic carbocycles. The quantitative estimate of drug-likeness (QED) is 0.844. The van der Waals surface area contributed by atoms with Crippen LogP contribution < -0.4 is 0 Å². The van der Waals surface area contributed by atoms with E-state index in [4.69, 9.17) is 0 Å². The molecule has 0 radical (unpaired) electrons. The molecular weight excluding hydrogens is 262 g/mol. The number of fused-ring (bicyclic) bond motifs is 1. The summed E-state index contributed by atoms with van der Waals surface area (Å²) in [6.45, 7) is 0.803. The van der Waals surface area contributed by atoms with E-state index >= 15 is 0 Å². The maximum absolute atomic E-state index is 12.3. The van der Waals surface area contributed by atoms with Gasteiger partial charge in [0.05, 0.1) is 0 Å². The average molecular weight is 283 g/mol. The van der Waals surface area contributed by atoms with E-state index in [1.54, 1.807) is 6.20 Å². The average Bonchev–Trinajstić information content (AvgIpc) is 3.15. The summed E-state index contributed by atoms with van der Waals surface area (Å²) in [5.74, 6) is 0.236. The number of likely N-dealkylation sites (N-methyl/N-ethyl adjacent to an activating group) is 1. The zero-order valence-corrected chi connectivity index (χ0v) is 12.4. The molecule has 0 spiro atoms. The molecule has 0 aliphatic heterocycles.